The molecule has 1 aromatic rings. The minimum absolute atomic E-state index is 0.115. The van der Waals surface area contributed by atoms with E-state index in [1.165, 1.54) is 0 Å². The second kappa shape index (κ2) is 4.44. The number of carbonyl (C=O) groups is 1. The first-order valence-corrected chi connectivity index (χ1v) is 4.89. The van der Waals surface area contributed by atoms with E-state index in [-0.39, 0.29) is 5.82 Å². The highest BCUT2D eigenvalue weighted by Crippen LogP contribution is 2.12. The summed E-state index contributed by atoms with van der Waals surface area (Å²) in [7, 11) is 5.62. The van der Waals surface area contributed by atoms with Gasteiger partial charge in [0.05, 0.1) is 5.69 Å². The fourth-order valence-corrected chi connectivity index (χ4v) is 1.65. The molecule has 0 aliphatic carbocycles. The SMILES string of the molecule is CCc1c(CN(C)C)nc(C(=O)O)n1C. The van der Waals surface area contributed by atoms with Crippen molar-refractivity contribution in [3.05, 3.63) is 17.2 Å². The average molecular weight is 211 g/mol. The summed E-state index contributed by atoms with van der Waals surface area (Å²) < 4.78 is 1.65. The summed E-state index contributed by atoms with van der Waals surface area (Å²) >= 11 is 0. The molecule has 0 atom stereocenters. The summed E-state index contributed by atoms with van der Waals surface area (Å²) in [6, 6.07) is 0. The third-order valence-electron chi connectivity index (χ3n) is 2.29. The minimum Gasteiger partial charge on any atom is -0.475 e. The lowest BCUT2D eigenvalue weighted by Crippen LogP contribution is -2.12. The lowest BCUT2D eigenvalue weighted by atomic mass is 10.2. The Kier molecular flexibility index (Phi) is 3.47. The van der Waals surface area contributed by atoms with E-state index in [2.05, 4.69) is 4.98 Å². The molecule has 1 heterocycles. The lowest BCUT2D eigenvalue weighted by Gasteiger charge is -2.08. The van der Waals surface area contributed by atoms with Gasteiger partial charge in [-0.25, -0.2) is 9.78 Å². The van der Waals surface area contributed by atoms with Crippen molar-refractivity contribution in [2.75, 3.05) is 14.1 Å². The fraction of sp³-hybridized carbons (Fsp3) is 0.600. The Morgan fingerprint density at radius 3 is 2.53 bits per heavy atom. The quantitative estimate of drug-likeness (QED) is 0.798. The second-order valence-corrected chi connectivity index (χ2v) is 3.78. The second-order valence-electron chi connectivity index (χ2n) is 3.78. The molecule has 0 spiro atoms. The first kappa shape index (κ1) is 11.7. The molecule has 0 amide bonds. The first-order valence-electron chi connectivity index (χ1n) is 4.89. The number of carboxylic acid groups (broad SMARTS) is 1. The van der Waals surface area contributed by atoms with Crippen LogP contribution in [-0.4, -0.2) is 39.6 Å². The van der Waals surface area contributed by atoms with Crippen molar-refractivity contribution in [1.82, 2.24) is 14.5 Å². The molecule has 1 N–H and O–H groups in total. The van der Waals surface area contributed by atoms with Gasteiger partial charge >= 0.3 is 5.97 Å². The molecule has 0 aliphatic heterocycles. The fourth-order valence-electron chi connectivity index (χ4n) is 1.65. The van der Waals surface area contributed by atoms with Gasteiger partial charge in [0, 0.05) is 19.3 Å². The van der Waals surface area contributed by atoms with E-state index in [0.717, 1.165) is 17.8 Å². The number of nitrogens with zero attached hydrogens (tertiary/aromatic N) is 3. The van der Waals surface area contributed by atoms with Crippen LogP contribution in [0.15, 0.2) is 0 Å². The van der Waals surface area contributed by atoms with Crippen LogP contribution in [0.25, 0.3) is 0 Å². The van der Waals surface area contributed by atoms with Crippen molar-refractivity contribution >= 4 is 5.97 Å². The molecule has 1 rings (SSSR count). The molecular weight excluding hydrogens is 194 g/mol. The molecule has 5 nitrogen and oxygen atoms in total. The van der Waals surface area contributed by atoms with E-state index >= 15 is 0 Å². The van der Waals surface area contributed by atoms with E-state index in [4.69, 9.17) is 5.11 Å². The number of carboxylic acids is 1. The third-order valence-corrected chi connectivity index (χ3v) is 2.29. The van der Waals surface area contributed by atoms with Crippen LogP contribution in [0, 0.1) is 0 Å². The summed E-state index contributed by atoms with van der Waals surface area (Å²) in [5, 5.41) is 8.94. The smallest absolute Gasteiger partial charge is 0.372 e. The third kappa shape index (κ3) is 2.36. The Morgan fingerprint density at radius 1 is 1.53 bits per heavy atom. The van der Waals surface area contributed by atoms with E-state index < -0.39 is 5.97 Å². The summed E-state index contributed by atoms with van der Waals surface area (Å²) in [4.78, 5) is 17.0. The molecule has 0 aliphatic rings. The maximum absolute atomic E-state index is 10.9. The Labute approximate surface area is 89.3 Å². The van der Waals surface area contributed by atoms with Crippen LogP contribution >= 0.6 is 0 Å². The standard InChI is InChI=1S/C10H17N3O2/c1-5-8-7(6-12(2)3)11-9(10(14)15)13(8)4/h5-6H2,1-4H3,(H,14,15). The maximum Gasteiger partial charge on any atom is 0.372 e. The molecule has 0 saturated heterocycles. The molecule has 0 saturated carbocycles. The molecule has 0 radical (unpaired) electrons. The monoisotopic (exact) mass is 211 g/mol. The van der Waals surface area contributed by atoms with Gasteiger partial charge in [0.25, 0.3) is 0 Å². The van der Waals surface area contributed by atoms with Gasteiger partial charge in [0.1, 0.15) is 0 Å². The predicted octanol–water partition coefficient (Wildman–Crippen LogP) is 0.742. The van der Waals surface area contributed by atoms with Gasteiger partial charge in [-0.15, -0.1) is 0 Å². The van der Waals surface area contributed by atoms with Crippen molar-refractivity contribution < 1.29 is 9.90 Å². The first-order chi connectivity index (χ1) is 6.97. The summed E-state index contributed by atoms with van der Waals surface area (Å²) in [5.41, 5.74) is 1.84. The molecule has 5 heteroatoms. The van der Waals surface area contributed by atoms with Crippen LogP contribution in [-0.2, 0) is 20.0 Å². The van der Waals surface area contributed by atoms with Crippen LogP contribution in [0.5, 0.6) is 0 Å². The van der Waals surface area contributed by atoms with E-state index in [0.29, 0.717) is 6.54 Å². The van der Waals surface area contributed by atoms with Crippen LogP contribution in [0.3, 0.4) is 0 Å². The highest BCUT2D eigenvalue weighted by Gasteiger charge is 2.17. The Balaban J connectivity index is 3.15. The van der Waals surface area contributed by atoms with Gasteiger partial charge in [-0.2, -0.15) is 0 Å². The average Bonchev–Trinajstić information content (AvgIpc) is 2.41. The lowest BCUT2D eigenvalue weighted by molar-refractivity contribution is 0.0679. The van der Waals surface area contributed by atoms with Crippen LogP contribution in [0.1, 0.15) is 28.9 Å². The molecule has 1 aromatic heterocycles. The Hall–Kier alpha value is -1.36. The molecular formula is C10H17N3O2. The molecule has 0 fully saturated rings. The maximum atomic E-state index is 10.9. The van der Waals surface area contributed by atoms with Gasteiger partial charge in [-0.05, 0) is 20.5 Å². The van der Waals surface area contributed by atoms with Crippen molar-refractivity contribution in [3.8, 4) is 0 Å². The van der Waals surface area contributed by atoms with Crippen molar-refractivity contribution in [2.45, 2.75) is 19.9 Å². The van der Waals surface area contributed by atoms with E-state index in [1.54, 1.807) is 11.6 Å². The number of aromatic nitrogens is 2. The molecule has 0 aromatic carbocycles. The van der Waals surface area contributed by atoms with Crippen LogP contribution in [0.2, 0.25) is 0 Å². The van der Waals surface area contributed by atoms with Crippen molar-refractivity contribution in [2.24, 2.45) is 7.05 Å². The minimum atomic E-state index is -0.975. The number of hydrogen-bond acceptors (Lipinski definition) is 3. The highest BCUT2D eigenvalue weighted by atomic mass is 16.4. The van der Waals surface area contributed by atoms with Gasteiger partial charge in [-0.3, -0.25) is 0 Å². The number of aromatic carboxylic acids is 1. The van der Waals surface area contributed by atoms with Crippen LogP contribution < -0.4 is 0 Å². The van der Waals surface area contributed by atoms with Crippen LogP contribution in [0.4, 0.5) is 0 Å². The normalized spacial score (nSPS) is 11.0. The van der Waals surface area contributed by atoms with Gasteiger partial charge < -0.3 is 14.6 Å². The molecule has 15 heavy (non-hydrogen) atoms. The summed E-state index contributed by atoms with van der Waals surface area (Å²) in [6.07, 6.45) is 0.792. The van der Waals surface area contributed by atoms with Gasteiger partial charge in [0.2, 0.25) is 5.82 Å². The predicted molar refractivity (Wildman–Crippen MR) is 56.9 cm³/mol. The van der Waals surface area contributed by atoms with E-state index in [1.807, 2.05) is 25.9 Å². The molecule has 0 unspecified atom stereocenters. The zero-order valence-electron chi connectivity index (χ0n) is 9.61. The summed E-state index contributed by atoms with van der Waals surface area (Å²) in [6.45, 7) is 2.67. The largest absolute Gasteiger partial charge is 0.475 e. The summed E-state index contributed by atoms with van der Waals surface area (Å²) in [5.74, 6) is -0.860. The molecule has 84 valence electrons. The number of hydrogen-bond donors (Lipinski definition) is 1. The van der Waals surface area contributed by atoms with Crippen molar-refractivity contribution in [3.63, 3.8) is 0 Å². The Morgan fingerprint density at radius 2 is 2.13 bits per heavy atom. The highest BCUT2D eigenvalue weighted by molar-refractivity contribution is 5.83. The topological polar surface area (TPSA) is 58.4 Å². The van der Waals surface area contributed by atoms with Gasteiger partial charge in [-0.1, -0.05) is 6.92 Å². The van der Waals surface area contributed by atoms with E-state index in [9.17, 15) is 4.79 Å². The zero-order valence-corrected chi connectivity index (χ0v) is 9.61. The number of imidazole rings is 1. The zero-order chi connectivity index (χ0) is 11.6. The number of rotatable bonds is 4. The van der Waals surface area contributed by atoms with Gasteiger partial charge in [0.15, 0.2) is 0 Å². The van der Waals surface area contributed by atoms with Crippen molar-refractivity contribution in [1.29, 1.82) is 0 Å². The molecule has 0 bridgehead atoms. The Bertz CT molecular complexity index is 369.